The van der Waals surface area contributed by atoms with Crippen molar-refractivity contribution >= 4 is 22.9 Å². The Balaban J connectivity index is 1.72. The minimum atomic E-state index is -4.38. The van der Waals surface area contributed by atoms with E-state index in [0.717, 1.165) is 6.42 Å². The number of carbonyl (C=O) groups excluding carboxylic acids is 2. The van der Waals surface area contributed by atoms with Gasteiger partial charge in [-0.2, -0.15) is 13.2 Å². The van der Waals surface area contributed by atoms with Crippen molar-refractivity contribution in [1.82, 2.24) is 19.9 Å². The van der Waals surface area contributed by atoms with Gasteiger partial charge in [0, 0.05) is 25.7 Å². The van der Waals surface area contributed by atoms with Crippen LogP contribution in [0.2, 0.25) is 0 Å². The van der Waals surface area contributed by atoms with Crippen LogP contribution in [0.25, 0.3) is 11.2 Å². The number of carbonyl (C=O) groups is 2. The molecule has 1 saturated heterocycles. The van der Waals surface area contributed by atoms with Crippen LogP contribution in [0, 0.1) is 5.92 Å². The number of H-pyrrole nitrogens is 1. The van der Waals surface area contributed by atoms with Gasteiger partial charge in [0.05, 0.1) is 23.9 Å². The van der Waals surface area contributed by atoms with E-state index in [1.54, 1.807) is 11.1 Å². The standard InChI is InChI=1S/C18H19F3N4O2/c1-2-15(27)25-6-4-11(10-25)7-12-8-22-17-16(24-12)13(9-23-17)14(26)3-5-18(19,20)21/h2,8-9,11H,1,3-7,10H2,(H,22,23)/t11-/m1/s1. The van der Waals surface area contributed by atoms with Crippen molar-refractivity contribution < 1.29 is 22.8 Å². The maximum Gasteiger partial charge on any atom is 0.389 e. The Kier molecular flexibility index (Phi) is 5.29. The van der Waals surface area contributed by atoms with E-state index in [0.29, 0.717) is 30.9 Å². The minimum absolute atomic E-state index is 0.109. The summed E-state index contributed by atoms with van der Waals surface area (Å²) >= 11 is 0. The molecule has 0 aromatic carbocycles. The van der Waals surface area contributed by atoms with Gasteiger partial charge in [0.1, 0.15) is 5.52 Å². The normalized spacial score (nSPS) is 17.4. The molecule has 1 amide bonds. The van der Waals surface area contributed by atoms with Crippen LogP contribution in [0.4, 0.5) is 13.2 Å². The van der Waals surface area contributed by atoms with Crippen molar-refractivity contribution in [1.29, 1.82) is 0 Å². The Labute approximate surface area is 153 Å². The van der Waals surface area contributed by atoms with Crippen molar-refractivity contribution in [3.8, 4) is 0 Å². The molecular formula is C18H19F3N4O2. The zero-order valence-corrected chi connectivity index (χ0v) is 14.6. The molecule has 2 aromatic rings. The second kappa shape index (κ2) is 7.50. The van der Waals surface area contributed by atoms with E-state index in [-0.39, 0.29) is 22.9 Å². The Morgan fingerprint density at radius 1 is 1.41 bits per heavy atom. The lowest BCUT2D eigenvalue weighted by atomic mass is 10.0. The van der Waals surface area contributed by atoms with Crippen LogP contribution in [0.3, 0.4) is 0 Å². The molecule has 1 aliphatic rings. The average molecular weight is 380 g/mol. The molecular weight excluding hydrogens is 361 g/mol. The highest BCUT2D eigenvalue weighted by Crippen LogP contribution is 2.25. The van der Waals surface area contributed by atoms with Gasteiger partial charge in [-0.05, 0) is 24.8 Å². The highest BCUT2D eigenvalue weighted by molar-refractivity contribution is 6.05. The first-order chi connectivity index (χ1) is 12.8. The minimum Gasteiger partial charge on any atom is -0.344 e. The molecule has 1 fully saturated rings. The smallest absolute Gasteiger partial charge is 0.344 e. The van der Waals surface area contributed by atoms with Crippen molar-refractivity contribution in [2.45, 2.75) is 31.9 Å². The fourth-order valence-corrected chi connectivity index (χ4v) is 3.25. The molecule has 0 unspecified atom stereocenters. The molecule has 2 aromatic heterocycles. The lowest BCUT2D eigenvalue weighted by molar-refractivity contribution is -0.133. The first kappa shape index (κ1) is 19.1. The van der Waals surface area contributed by atoms with Crippen LogP contribution in [0.1, 0.15) is 35.3 Å². The Morgan fingerprint density at radius 2 is 2.19 bits per heavy atom. The second-order valence-electron chi connectivity index (χ2n) is 6.65. The largest absolute Gasteiger partial charge is 0.389 e. The quantitative estimate of drug-likeness (QED) is 0.617. The number of nitrogens with one attached hydrogen (secondary N) is 1. The van der Waals surface area contributed by atoms with Crippen LogP contribution in [0.15, 0.2) is 25.0 Å². The Bertz CT molecular complexity index is 875. The predicted molar refractivity (Wildman–Crippen MR) is 92.1 cm³/mol. The number of hydrogen-bond donors (Lipinski definition) is 1. The first-order valence-corrected chi connectivity index (χ1v) is 8.61. The van der Waals surface area contributed by atoms with Gasteiger partial charge in [0.15, 0.2) is 11.4 Å². The van der Waals surface area contributed by atoms with Crippen molar-refractivity contribution in [2.75, 3.05) is 13.1 Å². The highest BCUT2D eigenvalue weighted by atomic mass is 19.4. The molecule has 0 bridgehead atoms. The van der Waals surface area contributed by atoms with Crippen LogP contribution >= 0.6 is 0 Å². The van der Waals surface area contributed by atoms with E-state index in [1.807, 2.05) is 0 Å². The van der Waals surface area contributed by atoms with Gasteiger partial charge in [0.25, 0.3) is 0 Å². The number of amides is 1. The number of hydrogen-bond acceptors (Lipinski definition) is 4. The summed E-state index contributed by atoms with van der Waals surface area (Å²) in [7, 11) is 0. The summed E-state index contributed by atoms with van der Waals surface area (Å²) in [6.45, 7) is 4.72. The van der Waals surface area contributed by atoms with Crippen molar-refractivity contribution in [2.24, 2.45) is 5.92 Å². The summed E-state index contributed by atoms with van der Waals surface area (Å²) in [5, 5.41) is 0. The summed E-state index contributed by atoms with van der Waals surface area (Å²) in [6, 6.07) is 0. The lowest BCUT2D eigenvalue weighted by Gasteiger charge is -2.13. The fraction of sp³-hybridized carbons (Fsp3) is 0.444. The van der Waals surface area contributed by atoms with Crippen LogP contribution in [-0.2, 0) is 11.2 Å². The van der Waals surface area contributed by atoms with E-state index >= 15 is 0 Å². The number of Topliss-reactive ketones (excluding diaryl/α,β-unsaturated/α-hetero) is 1. The van der Waals surface area contributed by atoms with Crippen molar-refractivity contribution in [3.05, 3.63) is 36.3 Å². The number of aromatic amines is 1. The Morgan fingerprint density at radius 3 is 2.89 bits per heavy atom. The van der Waals surface area contributed by atoms with Gasteiger partial charge in [-0.15, -0.1) is 0 Å². The van der Waals surface area contributed by atoms with E-state index in [1.165, 1.54) is 12.3 Å². The van der Waals surface area contributed by atoms with Gasteiger partial charge < -0.3 is 9.88 Å². The number of fused-ring (bicyclic) bond motifs is 1. The topological polar surface area (TPSA) is 79.0 Å². The van der Waals surface area contributed by atoms with E-state index in [9.17, 15) is 22.8 Å². The summed E-state index contributed by atoms with van der Waals surface area (Å²) in [5.74, 6) is -0.514. The van der Waals surface area contributed by atoms with Gasteiger partial charge >= 0.3 is 6.18 Å². The third kappa shape index (κ3) is 4.53. The fourth-order valence-electron chi connectivity index (χ4n) is 3.25. The molecule has 6 nitrogen and oxygen atoms in total. The van der Waals surface area contributed by atoms with Gasteiger partial charge in [-0.25, -0.2) is 9.97 Å². The SMILES string of the molecule is C=CC(=O)N1CC[C@H](Cc2cnc3[nH]cc(C(=O)CCC(F)(F)F)c3n2)C1. The van der Waals surface area contributed by atoms with Gasteiger partial charge in [-0.1, -0.05) is 6.58 Å². The van der Waals surface area contributed by atoms with E-state index in [2.05, 4.69) is 21.5 Å². The monoisotopic (exact) mass is 380 g/mol. The van der Waals surface area contributed by atoms with Crippen LogP contribution < -0.4 is 0 Å². The van der Waals surface area contributed by atoms with Gasteiger partial charge in [0.2, 0.25) is 5.91 Å². The number of aromatic nitrogens is 3. The molecule has 1 N–H and O–H groups in total. The number of ketones is 1. The van der Waals surface area contributed by atoms with E-state index in [4.69, 9.17) is 0 Å². The number of likely N-dealkylation sites (tertiary alicyclic amines) is 1. The molecule has 3 rings (SSSR count). The third-order valence-corrected chi connectivity index (χ3v) is 4.64. The predicted octanol–water partition coefficient (Wildman–Crippen LogP) is 3.06. The van der Waals surface area contributed by atoms with Crippen LogP contribution in [0.5, 0.6) is 0 Å². The molecule has 1 atom stereocenters. The molecule has 0 radical (unpaired) electrons. The number of nitrogens with zero attached hydrogens (tertiary/aromatic N) is 3. The number of alkyl halides is 3. The maximum absolute atomic E-state index is 12.4. The molecule has 0 spiro atoms. The zero-order valence-electron chi connectivity index (χ0n) is 14.6. The molecule has 9 heteroatoms. The van der Waals surface area contributed by atoms with Crippen LogP contribution in [-0.4, -0.2) is 50.8 Å². The summed E-state index contributed by atoms with van der Waals surface area (Å²) in [5.41, 5.74) is 1.42. The molecule has 144 valence electrons. The molecule has 0 saturated carbocycles. The second-order valence-corrected chi connectivity index (χ2v) is 6.65. The lowest BCUT2D eigenvalue weighted by Crippen LogP contribution is -2.26. The summed E-state index contributed by atoms with van der Waals surface area (Å²) < 4.78 is 37.1. The van der Waals surface area contributed by atoms with Gasteiger partial charge in [-0.3, -0.25) is 9.59 Å². The third-order valence-electron chi connectivity index (χ3n) is 4.64. The maximum atomic E-state index is 12.4. The zero-order chi connectivity index (χ0) is 19.6. The van der Waals surface area contributed by atoms with E-state index < -0.39 is 24.8 Å². The molecule has 3 heterocycles. The highest BCUT2D eigenvalue weighted by Gasteiger charge is 2.29. The average Bonchev–Trinajstić information content (AvgIpc) is 3.25. The molecule has 1 aliphatic heterocycles. The molecule has 27 heavy (non-hydrogen) atoms. The summed E-state index contributed by atoms with van der Waals surface area (Å²) in [6.07, 6.45) is -0.545. The molecule has 0 aliphatic carbocycles. The number of halogens is 3. The first-order valence-electron chi connectivity index (χ1n) is 8.61. The number of rotatable bonds is 6. The Hall–Kier alpha value is -2.71. The van der Waals surface area contributed by atoms with Crippen molar-refractivity contribution in [3.63, 3.8) is 0 Å². The summed E-state index contributed by atoms with van der Waals surface area (Å²) in [4.78, 5) is 36.9.